The molecule has 1 N–H and O–H groups in total. The van der Waals surface area contributed by atoms with Crippen LogP contribution < -0.4 is 5.32 Å². The van der Waals surface area contributed by atoms with Gasteiger partial charge in [-0.05, 0) is 59.5 Å². The number of hydrogen-bond acceptors (Lipinski definition) is 3. The third kappa shape index (κ3) is 4.98. The molecule has 1 aliphatic rings. The molecule has 0 aromatic heterocycles. The second kappa shape index (κ2) is 7.77. The molecule has 0 spiro atoms. The molecule has 1 saturated carbocycles. The van der Waals surface area contributed by atoms with Gasteiger partial charge in [0.2, 0.25) is 0 Å². The lowest BCUT2D eigenvalue weighted by Gasteiger charge is -2.29. The fraction of sp³-hybridized carbons (Fsp3) is 0.500. The number of ether oxygens (including phenoxy) is 1. The number of halogens is 1. The molecule has 0 aliphatic heterocycles. The molecule has 5 heteroatoms. The molecule has 114 valence electrons. The van der Waals surface area contributed by atoms with E-state index >= 15 is 0 Å². The quantitative estimate of drug-likeness (QED) is 0.623. The molecule has 1 fully saturated rings. The number of carbonyl (C=O) groups is 2. The monoisotopic (exact) mass is 401 g/mol. The second-order valence-corrected chi connectivity index (χ2v) is 6.77. The van der Waals surface area contributed by atoms with Gasteiger partial charge in [-0.2, -0.15) is 0 Å². The largest absolute Gasteiger partial charge is 0.452 e. The Kier molecular flexibility index (Phi) is 6.02. The first-order valence-electron chi connectivity index (χ1n) is 7.28. The highest BCUT2D eigenvalue weighted by molar-refractivity contribution is 14.1. The summed E-state index contributed by atoms with van der Waals surface area (Å²) in [6.07, 6.45) is 4.54. The smallest absolute Gasteiger partial charge is 0.338 e. The second-order valence-electron chi connectivity index (χ2n) is 5.52. The Hall–Kier alpha value is -1.11. The van der Waals surface area contributed by atoms with Crippen molar-refractivity contribution in [2.24, 2.45) is 5.92 Å². The summed E-state index contributed by atoms with van der Waals surface area (Å²) in [5, 5.41) is 2.97. The number of nitrogens with one attached hydrogen (secondary N) is 1. The van der Waals surface area contributed by atoms with Gasteiger partial charge >= 0.3 is 5.97 Å². The molecule has 0 bridgehead atoms. The van der Waals surface area contributed by atoms with Gasteiger partial charge in [-0.15, -0.1) is 0 Å². The van der Waals surface area contributed by atoms with E-state index in [0.717, 1.165) is 22.8 Å². The van der Waals surface area contributed by atoms with Gasteiger partial charge in [-0.3, -0.25) is 4.79 Å². The van der Waals surface area contributed by atoms with Crippen LogP contribution in [0, 0.1) is 9.49 Å². The van der Waals surface area contributed by atoms with Gasteiger partial charge in [-0.25, -0.2) is 4.79 Å². The third-order valence-electron chi connectivity index (χ3n) is 3.85. The first kappa shape index (κ1) is 16.3. The molecule has 1 aromatic rings. The van der Waals surface area contributed by atoms with Crippen LogP contribution in [0.5, 0.6) is 0 Å². The Labute approximate surface area is 138 Å². The van der Waals surface area contributed by atoms with E-state index in [4.69, 9.17) is 4.74 Å². The van der Waals surface area contributed by atoms with Crippen molar-refractivity contribution in [1.82, 2.24) is 5.32 Å². The maximum atomic E-state index is 11.9. The van der Waals surface area contributed by atoms with Crippen LogP contribution in [-0.4, -0.2) is 24.5 Å². The molecule has 4 nitrogen and oxygen atoms in total. The minimum absolute atomic E-state index is 0.211. The van der Waals surface area contributed by atoms with Crippen molar-refractivity contribution in [3.8, 4) is 0 Å². The van der Waals surface area contributed by atoms with E-state index in [1.165, 1.54) is 6.42 Å². The first-order chi connectivity index (χ1) is 10.1. The minimum atomic E-state index is -0.458. The molecule has 0 unspecified atom stereocenters. The van der Waals surface area contributed by atoms with E-state index in [-0.39, 0.29) is 18.6 Å². The fourth-order valence-electron chi connectivity index (χ4n) is 2.61. The van der Waals surface area contributed by atoms with Crippen molar-refractivity contribution in [3.63, 3.8) is 0 Å². The van der Waals surface area contributed by atoms with Gasteiger partial charge in [-0.1, -0.05) is 25.8 Å². The van der Waals surface area contributed by atoms with E-state index in [1.54, 1.807) is 18.2 Å². The average Bonchev–Trinajstić information content (AvgIpc) is 2.47. The van der Waals surface area contributed by atoms with Crippen LogP contribution in [0.2, 0.25) is 0 Å². The van der Waals surface area contributed by atoms with Crippen molar-refractivity contribution in [2.75, 3.05) is 6.61 Å². The van der Waals surface area contributed by atoms with E-state index in [9.17, 15) is 9.59 Å². The summed E-state index contributed by atoms with van der Waals surface area (Å²) in [5.74, 6) is -0.179. The van der Waals surface area contributed by atoms with Crippen molar-refractivity contribution < 1.29 is 14.3 Å². The Bertz CT molecular complexity index is 518. The molecule has 1 aromatic carbocycles. The van der Waals surface area contributed by atoms with Crippen LogP contribution in [0.1, 0.15) is 43.0 Å². The van der Waals surface area contributed by atoms with Crippen molar-refractivity contribution in [3.05, 3.63) is 33.4 Å². The number of amides is 1. The third-order valence-corrected chi connectivity index (χ3v) is 4.52. The maximum Gasteiger partial charge on any atom is 0.338 e. The SMILES string of the molecule is C[C@H]1CCCC[C@@H]1NC(=O)COC(=O)c1cccc(I)c1. The summed E-state index contributed by atoms with van der Waals surface area (Å²) >= 11 is 2.13. The number of carbonyl (C=O) groups excluding carboxylic acids is 2. The lowest BCUT2D eigenvalue weighted by atomic mass is 9.86. The zero-order valence-corrected chi connectivity index (χ0v) is 14.3. The molecule has 1 amide bonds. The molecule has 0 heterocycles. The van der Waals surface area contributed by atoms with Crippen LogP contribution in [0.15, 0.2) is 24.3 Å². The molecule has 0 saturated heterocycles. The van der Waals surface area contributed by atoms with Gasteiger partial charge in [0.25, 0.3) is 5.91 Å². The van der Waals surface area contributed by atoms with Gasteiger partial charge in [0.15, 0.2) is 6.61 Å². The molecule has 0 radical (unpaired) electrons. The number of benzene rings is 1. The Morgan fingerprint density at radius 1 is 1.33 bits per heavy atom. The van der Waals surface area contributed by atoms with Crippen LogP contribution in [0.3, 0.4) is 0 Å². The molecular formula is C16H20INO3. The highest BCUT2D eigenvalue weighted by atomic mass is 127. The van der Waals surface area contributed by atoms with Crippen LogP contribution in [-0.2, 0) is 9.53 Å². The van der Waals surface area contributed by atoms with Crippen LogP contribution in [0.25, 0.3) is 0 Å². The van der Waals surface area contributed by atoms with Crippen molar-refractivity contribution in [1.29, 1.82) is 0 Å². The van der Waals surface area contributed by atoms with E-state index in [1.807, 2.05) is 6.07 Å². The molecule has 2 rings (SSSR count). The summed E-state index contributed by atoms with van der Waals surface area (Å²) in [4.78, 5) is 23.7. The predicted molar refractivity (Wildman–Crippen MR) is 89.0 cm³/mol. The van der Waals surface area contributed by atoms with E-state index < -0.39 is 5.97 Å². The normalized spacial score (nSPS) is 21.6. The molecule has 21 heavy (non-hydrogen) atoms. The Morgan fingerprint density at radius 2 is 2.10 bits per heavy atom. The van der Waals surface area contributed by atoms with E-state index in [0.29, 0.717) is 11.5 Å². The van der Waals surface area contributed by atoms with Crippen LogP contribution >= 0.6 is 22.6 Å². The minimum Gasteiger partial charge on any atom is -0.452 e. The van der Waals surface area contributed by atoms with Crippen molar-refractivity contribution in [2.45, 2.75) is 38.6 Å². The Morgan fingerprint density at radius 3 is 2.81 bits per heavy atom. The lowest BCUT2D eigenvalue weighted by molar-refractivity contribution is -0.125. The highest BCUT2D eigenvalue weighted by Gasteiger charge is 2.23. The summed E-state index contributed by atoms with van der Waals surface area (Å²) in [6.45, 7) is 1.94. The standard InChI is InChI=1S/C16H20INO3/c1-11-5-2-3-8-14(11)18-15(19)10-21-16(20)12-6-4-7-13(17)9-12/h4,6-7,9,11,14H,2-3,5,8,10H2,1H3,(H,18,19)/t11-,14-/m0/s1. The average molecular weight is 401 g/mol. The summed E-state index contributed by atoms with van der Waals surface area (Å²) in [5.41, 5.74) is 0.473. The zero-order chi connectivity index (χ0) is 15.2. The molecule has 1 aliphatic carbocycles. The van der Waals surface area contributed by atoms with Gasteiger partial charge < -0.3 is 10.1 Å². The van der Waals surface area contributed by atoms with Gasteiger partial charge in [0, 0.05) is 9.61 Å². The highest BCUT2D eigenvalue weighted by Crippen LogP contribution is 2.23. The molecular weight excluding hydrogens is 381 g/mol. The topological polar surface area (TPSA) is 55.4 Å². The van der Waals surface area contributed by atoms with E-state index in [2.05, 4.69) is 34.8 Å². The van der Waals surface area contributed by atoms with Crippen molar-refractivity contribution >= 4 is 34.5 Å². The molecule has 2 atom stereocenters. The number of rotatable bonds is 4. The zero-order valence-electron chi connectivity index (χ0n) is 12.1. The summed E-state index contributed by atoms with van der Waals surface area (Å²) < 4.78 is 6.03. The fourth-order valence-corrected chi connectivity index (χ4v) is 3.15. The predicted octanol–water partition coefficient (Wildman–Crippen LogP) is 3.14. The number of hydrogen-bond donors (Lipinski definition) is 1. The maximum absolute atomic E-state index is 11.9. The first-order valence-corrected chi connectivity index (χ1v) is 8.36. The lowest BCUT2D eigenvalue weighted by Crippen LogP contribution is -2.42. The summed E-state index contributed by atoms with van der Waals surface area (Å²) in [7, 11) is 0. The van der Waals surface area contributed by atoms with Crippen LogP contribution in [0.4, 0.5) is 0 Å². The summed E-state index contributed by atoms with van der Waals surface area (Å²) in [6, 6.07) is 7.33. The number of esters is 1. The van der Waals surface area contributed by atoms with Gasteiger partial charge in [0.1, 0.15) is 0 Å². The Balaban J connectivity index is 1.79. The van der Waals surface area contributed by atoms with Gasteiger partial charge in [0.05, 0.1) is 5.56 Å².